The molecule has 0 aromatic heterocycles. The molecule has 0 unspecified atom stereocenters. The normalized spacial score (nSPS) is 12.6. The Morgan fingerprint density at radius 2 is 1.64 bits per heavy atom. The van der Waals surface area contributed by atoms with Gasteiger partial charge in [-0.2, -0.15) is 5.26 Å². The molecule has 0 aromatic rings. The Hall–Kier alpha value is -0.550. The van der Waals surface area contributed by atoms with Gasteiger partial charge in [0.25, 0.3) is 0 Å². The molecule has 0 saturated carbocycles. The third-order valence-corrected chi connectivity index (χ3v) is 3.17. The minimum Gasteiger partial charge on any atom is -0.311 e. The van der Waals surface area contributed by atoms with Crippen LogP contribution in [0.15, 0.2) is 0 Å². The molecule has 0 aromatic carbocycles. The van der Waals surface area contributed by atoms with E-state index in [2.05, 4.69) is 32.2 Å². The van der Waals surface area contributed by atoms with E-state index >= 15 is 0 Å². The average molecular weight is 196 g/mol. The summed E-state index contributed by atoms with van der Waals surface area (Å²) >= 11 is 0. The molecule has 0 aliphatic carbocycles. The van der Waals surface area contributed by atoms with Gasteiger partial charge in [0, 0.05) is 5.54 Å². The van der Waals surface area contributed by atoms with Gasteiger partial charge in [0.15, 0.2) is 0 Å². The summed E-state index contributed by atoms with van der Waals surface area (Å²) in [5.74, 6) is 0. The van der Waals surface area contributed by atoms with Gasteiger partial charge in [-0.3, -0.25) is 0 Å². The van der Waals surface area contributed by atoms with Crippen LogP contribution in [-0.4, -0.2) is 12.1 Å². The summed E-state index contributed by atoms with van der Waals surface area (Å²) in [6.07, 6.45) is 3.19. The van der Waals surface area contributed by atoms with E-state index < -0.39 is 0 Å². The first-order chi connectivity index (χ1) is 6.39. The van der Waals surface area contributed by atoms with E-state index in [0.717, 1.165) is 25.8 Å². The van der Waals surface area contributed by atoms with Crippen LogP contribution in [0.2, 0.25) is 0 Å². The van der Waals surface area contributed by atoms with Crippen molar-refractivity contribution in [2.24, 2.45) is 5.41 Å². The number of rotatable bonds is 6. The van der Waals surface area contributed by atoms with Crippen LogP contribution >= 0.6 is 0 Å². The van der Waals surface area contributed by atoms with E-state index in [1.807, 2.05) is 13.8 Å². The van der Waals surface area contributed by atoms with E-state index in [1.54, 1.807) is 0 Å². The Morgan fingerprint density at radius 1 is 1.14 bits per heavy atom. The second kappa shape index (κ2) is 5.36. The van der Waals surface area contributed by atoms with Gasteiger partial charge < -0.3 is 5.32 Å². The molecule has 2 heteroatoms. The monoisotopic (exact) mass is 196 g/mol. The van der Waals surface area contributed by atoms with Gasteiger partial charge in [-0.1, -0.05) is 13.8 Å². The second-order valence-corrected chi connectivity index (χ2v) is 4.94. The van der Waals surface area contributed by atoms with Crippen LogP contribution in [0.3, 0.4) is 0 Å². The van der Waals surface area contributed by atoms with Crippen LogP contribution in [0.4, 0.5) is 0 Å². The molecule has 0 saturated heterocycles. The third-order valence-electron chi connectivity index (χ3n) is 3.17. The Morgan fingerprint density at radius 3 is 2.00 bits per heavy atom. The maximum absolute atomic E-state index is 8.86. The van der Waals surface area contributed by atoms with Crippen molar-refractivity contribution in [3.05, 3.63) is 0 Å². The zero-order valence-corrected chi connectivity index (χ0v) is 10.3. The van der Waals surface area contributed by atoms with Gasteiger partial charge in [-0.05, 0) is 46.6 Å². The van der Waals surface area contributed by atoms with Gasteiger partial charge in [0.1, 0.15) is 0 Å². The summed E-state index contributed by atoms with van der Waals surface area (Å²) < 4.78 is 0. The fourth-order valence-corrected chi connectivity index (χ4v) is 1.23. The molecular weight excluding hydrogens is 172 g/mol. The van der Waals surface area contributed by atoms with Crippen LogP contribution in [0, 0.1) is 16.7 Å². The SMILES string of the molecule is CCC(C)(CC)NCCC(C)(C)C#N. The van der Waals surface area contributed by atoms with Crippen LogP contribution in [0.1, 0.15) is 53.9 Å². The molecule has 0 spiro atoms. The van der Waals surface area contributed by atoms with Gasteiger partial charge in [-0.15, -0.1) is 0 Å². The predicted octanol–water partition coefficient (Wildman–Crippen LogP) is 3.09. The molecule has 82 valence electrons. The molecule has 14 heavy (non-hydrogen) atoms. The molecule has 0 bridgehead atoms. The fraction of sp³-hybridized carbons (Fsp3) is 0.917. The molecule has 0 aliphatic rings. The number of nitrogens with one attached hydrogen (secondary N) is 1. The van der Waals surface area contributed by atoms with Crippen LogP contribution < -0.4 is 5.32 Å². The number of nitriles is 1. The molecule has 0 atom stereocenters. The van der Waals surface area contributed by atoms with Gasteiger partial charge in [-0.25, -0.2) is 0 Å². The lowest BCUT2D eigenvalue weighted by Crippen LogP contribution is -2.42. The van der Waals surface area contributed by atoms with Crippen molar-refractivity contribution in [3.8, 4) is 6.07 Å². The van der Waals surface area contributed by atoms with Crippen LogP contribution in [0.25, 0.3) is 0 Å². The van der Waals surface area contributed by atoms with Crippen molar-refractivity contribution >= 4 is 0 Å². The van der Waals surface area contributed by atoms with E-state index in [9.17, 15) is 0 Å². The lowest BCUT2D eigenvalue weighted by Gasteiger charge is -2.29. The highest BCUT2D eigenvalue weighted by Gasteiger charge is 2.21. The average Bonchev–Trinajstić information content (AvgIpc) is 2.17. The summed E-state index contributed by atoms with van der Waals surface area (Å²) in [7, 11) is 0. The summed E-state index contributed by atoms with van der Waals surface area (Å²) in [5, 5.41) is 12.4. The smallest absolute Gasteiger partial charge is 0.0684 e. The molecule has 0 fully saturated rings. The highest BCUT2D eigenvalue weighted by molar-refractivity contribution is 4.92. The van der Waals surface area contributed by atoms with Crippen molar-refractivity contribution in [2.75, 3.05) is 6.54 Å². The summed E-state index contributed by atoms with van der Waals surface area (Å²) in [6.45, 7) is 11.6. The van der Waals surface area contributed by atoms with E-state index in [4.69, 9.17) is 5.26 Å². The van der Waals surface area contributed by atoms with Crippen molar-refractivity contribution in [2.45, 2.75) is 59.4 Å². The van der Waals surface area contributed by atoms with Crippen molar-refractivity contribution < 1.29 is 0 Å². The lowest BCUT2D eigenvalue weighted by atomic mass is 9.90. The Balaban J connectivity index is 3.91. The summed E-state index contributed by atoms with van der Waals surface area (Å²) in [5.41, 5.74) is 0.0426. The first-order valence-corrected chi connectivity index (χ1v) is 5.55. The summed E-state index contributed by atoms with van der Waals surface area (Å²) in [6, 6.07) is 2.32. The van der Waals surface area contributed by atoms with Gasteiger partial charge in [0.05, 0.1) is 11.5 Å². The Labute approximate surface area is 88.7 Å². The Kier molecular flexibility index (Phi) is 5.15. The van der Waals surface area contributed by atoms with E-state index in [-0.39, 0.29) is 11.0 Å². The molecule has 0 amide bonds. The van der Waals surface area contributed by atoms with E-state index in [1.165, 1.54) is 0 Å². The third kappa shape index (κ3) is 4.62. The van der Waals surface area contributed by atoms with E-state index in [0.29, 0.717) is 0 Å². The maximum Gasteiger partial charge on any atom is 0.0684 e. The predicted molar refractivity (Wildman–Crippen MR) is 61.0 cm³/mol. The number of hydrogen-bond donors (Lipinski definition) is 1. The zero-order valence-electron chi connectivity index (χ0n) is 10.3. The topological polar surface area (TPSA) is 35.8 Å². The maximum atomic E-state index is 8.86. The largest absolute Gasteiger partial charge is 0.311 e. The molecule has 0 heterocycles. The highest BCUT2D eigenvalue weighted by Crippen LogP contribution is 2.19. The van der Waals surface area contributed by atoms with Gasteiger partial charge in [0.2, 0.25) is 0 Å². The highest BCUT2D eigenvalue weighted by atomic mass is 15.0. The number of hydrogen-bond acceptors (Lipinski definition) is 2. The second-order valence-electron chi connectivity index (χ2n) is 4.94. The van der Waals surface area contributed by atoms with Gasteiger partial charge >= 0.3 is 0 Å². The number of nitrogens with zero attached hydrogens (tertiary/aromatic N) is 1. The van der Waals surface area contributed by atoms with Crippen molar-refractivity contribution in [3.63, 3.8) is 0 Å². The fourth-order valence-electron chi connectivity index (χ4n) is 1.23. The quantitative estimate of drug-likeness (QED) is 0.708. The molecule has 1 N–H and O–H groups in total. The molecule has 0 radical (unpaired) electrons. The molecule has 2 nitrogen and oxygen atoms in total. The van der Waals surface area contributed by atoms with Crippen LogP contribution in [-0.2, 0) is 0 Å². The molecular formula is C12H24N2. The lowest BCUT2D eigenvalue weighted by molar-refractivity contribution is 0.308. The molecule has 0 aliphatic heterocycles. The standard InChI is InChI=1S/C12H24N2/c1-6-12(5,7-2)14-9-8-11(3,4)10-13/h14H,6-9H2,1-5H3. The zero-order chi connectivity index (χ0) is 11.2. The minimum atomic E-state index is -0.199. The molecule has 0 rings (SSSR count). The van der Waals surface area contributed by atoms with Crippen LogP contribution in [0.5, 0.6) is 0 Å². The first kappa shape index (κ1) is 13.4. The first-order valence-electron chi connectivity index (χ1n) is 5.55. The van der Waals surface area contributed by atoms with Crippen molar-refractivity contribution in [1.82, 2.24) is 5.32 Å². The summed E-state index contributed by atoms with van der Waals surface area (Å²) in [4.78, 5) is 0. The Bertz CT molecular complexity index is 197. The van der Waals surface area contributed by atoms with Crippen molar-refractivity contribution in [1.29, 1.82) is 5.26 Å². The minimum absolute atomic E-state index is 0.199.